The Morgan fingerprint density at radius 2 is 1.61 bits per heavy atom. The number of aromatic nitrogens is 2. The predicted molar refractivity (Wildman–Crippen MR) is 138 cm³/mol. The molecule has 202 valence electrons. The second-order valence-electron chi connectivity index (χ2n) is 9.39. The van der Waals surface area contributed by atoms with Crippen LogP contribution in [-0.4, -0.2) is 61.1 Å². The first-order valence-corrected chi connectivity index (χ1v) is 12.1. The molecule has 1 heterocycles. The number of carboxylic acid groups (broad SMARTS) is 1. The van der Waals surface area contributed by atoms with E-state index in [1.807, 2.05) is 13.8 Å². The summed E-state index contributed by atoms with van der Waals surface area (Å²) in [5.41, 5.74) is 2.42. The number of aliphatic carboxylic acids is 1. The van der Waals surface area contributed by atoms with Gasteiger partial charge >= 0.3 is 5.97 Å². The SMILES string of the molecule is CC(C)c1c(C(=O)N(C)Cc2ccc(F)cc2)nn(-c2ccc(F)cc2)c1C=C[C@H](O)C[C@@H](O)CC(=O)O. The number of amides is 1. The van der Waals surface area contributed by atoms with Gasteiger partial charge in [0.1, 0.15) is 11.6 Å². The van der Waals surface area contributed by atoms with Gasteiger partial charge in [-0.15, -0.1) is 0 Å². The molecule has 0 saturated heterocycles. The molecule has 0 saturated carbocycles. The molecule has 3 rings (SSSR count). The third-order valence-corrected chi connectivity index (χ3v) is 5.89. The lowest BCUT2D eigenvalue weighted by Crippen LogP contribution is -2.27. The minimum atomic E-state index is -1.24. The van der Waals surface area contributed by atoms with Crippen molar-refractivity contribution < 1.29 is 33.7 Å². The van der Waals surface area contributed by atoms with E-state index in [-0.39, 0.29) is 36.3 Å². The van der Waals surface area contributed by atoms with E-state index < -0.39 is 30.4 Å². The fourth-order valence-corrected chi connectivity index (χ4v) is 4.07. The lowest BCUT2D eigenvalue weighted by Gasteiger charge is -2.17. The molecule has 0 aliphatic carbocycles. The summed E-state index contributed by atoms with van der Waals surface area (Å²) in [6.45, 7) is 3.98. The van der Waals surface area contributed by atoms with E-state index in [1.54, 1.807) is 25.3 Å². The molecule has 8 nitrogen and oxygen atoms in total. The van der Waals surface area contributed by atoms with Gasteiger partial charge in [-0.3, -0.25) is 9.59 Å². The maximum absolute atomic E-state index is 13.6. The molecule has 0 spiro atoms. The fraction of sp³-hybridized carbons (Fsp3) is 0.321. The number of hydrogen-bond acceptors (Lipinski definition) is 5. The van der Waals surface area contributed by atoms with Gasteiger partial charge in [-0.05, 0) is 54.0 Å². The Morgan fingerprint density at radius 3 is 2.16 bits per heavy atom. The van der Waals surface area contributed by atoms with Gasteiger partial charge in [0.2, 0.25) is 0 Å². The van der Waals surface area contributed by atoms with Crippen LogP contribution < -0.4 is 0 Å². The quantitative estimate of drug-likeness (QED) is 0.345. The van der Waals surface area contributed by atoms with Crippen molar-refractivity contribution in [1.82, 2.24) is 14.7 Å². The number of halogens is 2. The molecular weight excluding hydrogens is 496 g/mol. The topological polar surface area (TPSA) is 116 Å². The summed E-state index contributed by atoms with van der Waals surface area (Å²) in [5, 5.41) is 33.7. The number of carboxylic acids is 1. The first-order valence-electron chi connectivity index (χ1n) is 12.1. The second-order valence-corrected chi connectivity index (χ2v) is 9.39. The maximum atomic E-state index is 13.6. The first kappa shape index (κ1) is 28.7. The lowest BCUT2D eigenvalue weighted by atomic mass is 9.98. The van der Waals surface area contributed by atoms with Gasteiger partial charge in [-0.1, -0.05) is 32.1 Å². The van der Waals surface area contributed by atoms with Crippen molar-refractivity contribution in [2.24, 2.45) is 0 Å². The average molecular weight is 528 g/mol. The Hall–Kier alpha value is -3.89. The van der Waals surface area contributed by atoms with Crippen molar-refractivity contribution in [2.75, 3.05) is 7.05 Å². The number of nitrogens with zero attached hydrogens (tertiary/aromatic N) is 3. The van der Waals surface area contributed by atoms with Gasteiger partial charge in [0.05, 0.1) is 30.0 Å². The van der Waals surface area contributed by atoms with Crippen LogP contribution in [0.1, 0.15) is 59.9 Å². The molecule has 0 bridgehead atoms. The molecule has 1 amide bonds. The number of aliphatic hydroxyl groups is 2. The van der Waals surface area contributed by atoms with Crippen LogP contribution in [0, 0.1) is 11.6 Å². The first-order chi connectivity index (χ1) is 18.0. The van der Waals surface area contributed by atoms with Crippen molar-refractivity contribution in [3.05, 3.63) is 88.8 Å². The molecule has 0 unspecified atom stereocenters. The van der Waals surface area contributed by atoms with Gasteiger partial charge in [-0.2, -0.15) is 5.10 Å². The average Bonchev–Trinajstić information content (AvgIpc) is 3.23. The largest absolute Gasteiger partial charge is 0.481 e. The van der Waals surface area contributed by atoms with E-state index in [0.717, 1.165) is 5.56 Å². The highest BCUT2D eigenvalue weighted by atomic mass is 19.1. The van der Waals surface area contributed by atoms with E-state index in [4.69, 9.17) is 5.11 Å². The molecule has 0 radical (unpaired) electrons. The number of hydrogen-bond donors (Lipinski definition) is 3. The molecule has 3 aromatic rings. The van der Waals surface area contributed by atoms with E-state index in [0.29, 0.717) is 16.9 Å². The molecule has 3 N–H and O–H groups in total. The van der Waals surface area contributed by atoms with Crippen molar-refractivity contribution in [3.8, 4) is 5.69 Å². The van der Waals surface area contributed by atoms with Crippen LogP contribution >= 0.6 is 0 Å². The van der Waals surface area contributed by atoms with Gasteiger partial charge < -0.3 is 20.2 Å². The second kappa shape index (κ2) is 12.6. The van der Waals surface area contributed by atoms with Crippen molar-refractivity contribution in [1.29, 1.82) is 0 Å². The van der Waals surface area contributed by atoms with Crippen LogP contribution in [-0.2, 0) is 11.3 Å². The minimum absolute atomic E-state index is 0.161. The zero-order valence-corrected chi connectivity index (χ0v) is 21.4. The van der Waals surface area contributed by atoms with E-state index in [9.17, 15) is 28.6 Å². The van der Waals surface area contributed by atoms with Crippen LogP contribution in [0.15, 0.2) is 54.6 Å². The predicted octanol–water partition coefficient (Wildman–Crippen LogP) is 4.15. The van der Waals surface area contributed by atoms with Crippen LogP contribution in [0.4, 0.5) is 8.78 Å². The fourth-order valence-electron chi connectivity index (χ4n) is 4.07. The molecule has 10 heteroatoms. The summed E-state index contributed by atoms with van der Waals surface area (Å²) >= 11 is 0. The maximum Gasteiger partial charge on any atom is 0.305 e. The highest BCUT2D eigenvalue weighted by Crippen LogP contribution is 2.29. The molecule has 2 atom stereocenters. The number of aliphatic hydroxyl groups excluding tert-OH is 2. The summed E-state index contributed by atoms with van der Waals surface area (Å²) < 4.78 is 28.4. The number of carbonyl (C=O) groups excluding carboxylic acids is 1. The zero-order chi connectivity index (χ0) is 28.0. The summed E-state index contributed by atoms with van der Waals surface area (Å²) in [7, 11) is 1.61. The summed E-state index contributed by atoms with van der Waals surface area (Å²) in [6, 6.07) is 11.4. The third kappa shape index (κ3) is 7.33. The molecule has 0 fully saturated rings. The molecular formula is C28H31F2N3O5. The van der Waals surface area contributed by atoms with Crippen molar-refractivity contribution in [3.63, 3.8) is 0 Å². The van der Waals surface area contributed by atoms with Crippen molar-refractivity contribution >= 4 is 18.0 Å². The Labute approximate surface area is 219 Å². The number of carbonyl (C=O) groups is 2. The molecule has 0 aliphatic rings. The highest BCUT2D eigenvalue weighted by Gasteiger charge is 2.27. The smallest absolute Gasteiger partial charge is 0.305 e. The van der Waals surface area contributed by atoms with Crippen molar-refractivity contribution in [2.45, 2.75) is 51.4 Å². The Kier molecular flexibility index (Phi) is 9.49. The van der Waals surface area contributed by atoms with Crippen LogP contribution in [0.5, 0.6) is 0 Å². The Morgan fingerprint density at radius 1 is 1.03 bits per heavy atom. The van der Waals surface area contributed by atoms with Crippen LogP contribution in [0.3, 0.4) is 0 Å². The van der Waals surface area contributed by atoms with E-state index in [2.05, 4.69) is 5.10 Å². The summed E-state index contributed by atoms with van der Waals surface area (Å²) in [6.07, 6.45) is -0.159. The van der Waals surface area contributed by atoms with Gasteiger partial charge in [0.15, 0.2) is 5.69 Å². The van der Waals surface area contributed by atoms with Gasteiger partial charge in [0, 0.05) is 25.6 Å². The van der Waals surface area contributed by atoms with Gasteiger partial charge in [0.25, 0.3) is 5.91 Å². The Bertz CT molecular complexity index is 1290. The highest BCUT2D eigenvalue weighted by molar-refractivity contribution is 5.95. The van der Waals surface area contributed by atoms with E-state index >= 15 is 0 Å². The number of benzene rings is 2. The normalized spacial score (nSPS) is 13.2. The third-order valence-electron chi connectivity index (χ3n) is 5.89. The monoisotopic (exact) mass is 527 g/mol. The zero-order valence-electron chi connectivity index (χ0n) is 21.4. The molecule has 0 aliphatic heterocycles. The molecule has 38 heavy (non-hydrogen) atoms. The summed E-state index contributed by atoms with van der Waals surface area (Å²) in [5.74, 6) is -2.57. The molecule has 2 aromatic carbocycles. The number of rotatable bonds is 11. The van der Waals surface area contributed by atoms with Crippen LogP contribution in [0.25, 0.3) is 11.8 Å². The van der Waals surface area contributed by atoms with E-state index in [1.165, 1.54) is 52.1 Å². The molecule has 1 aromatic heterocycles. The van der Waals surface area contributed by atoms with Gasteiger partial charge in [-0.25, -0.2) is 13.5 Å². The Balaban J connectivity index is 2.01. The standard InChI is InChI=1S/C28H31F2N3O5/c1-17(2)26-24(13-12-22(34)14-23(35)15-25(36)37)33(21-10-8-20(30)9-11-21)31-27(26)28(38)32(3)16-18-4-6-19(29)7-5-18/h4-13,17,22-23,34-35H,14-16H2,1-3H3,(H,36,37)/t22-,23+/m0/s1. The van der Waals surface area contributed by atoms with Crippen LogP contribution in [0.2, 0.25) is 0 Å². The lowest BCUT2D eigenvalue weighted by molar-refractivity contribution is -0.139. The minimum Gasteiger partial charge on any atom is -0.481 e. The summed E-state index contributed by atoms with van der Waals surface area (Å²) in [4.78, 5) is 25.8.